The average Bonchev–Trinajstić information content (AvgIpc) is 2.46. The molecule has 0 spiro atoms. The number of amides is 1. The van der Waals surface area contributed by atoms with Gasteiger partial charge in [0.2, 0.25) is 0 Å². The average molecular weight is 319 g/mol. The van der Waals surface area contributed by atoms with Crippen LogP contribution in [0.15, 0.2) is 18.3 Å². The number of aromatic nitrogens is 1. The molecule has 1 fully saturated rings. The summed E-state index contributed by atoms with van der Waals surface area (Å²) in [4.78, 5) is 16.1. The minimum atomic E-state index is -0.440. The molecule has 128 valence electrons. The molecule has 1 aliphatic rings. The highest BCUT2D eigenvalue weighted by atomic mass is 16.6. The molecule has 0 radical (unpaired) electrons. The lowest BCUT2D eigenvalue weighted by Gasteiger charge is -2.30. The van der Waals surface area contributed by atoms with E-state index in [4.69, 9.17) is 4.74 Å². The van der Waals surface area contributed by atoms with Crippen LogP contribution in [0.3, 0.4) is 0 Å². The van der Waals surface area contributed by atoms with E-state index in [9.17, 15) is 4.79 Å². The van der Waals surface area contributed by atoms with Gasteiger partial charge in [0.25, 0.3) is 0 Å². The van der Waals surface area contributed by atoms with Gasteiger partial charge in [0, 0.05) is 30.5 Å². The minimum Gasteiger partial charge on any atom is -0.444 e. The van der Waals surface area contributed by atoms with E-state index < -0.39 is 5.60 Å². The van der Waals surface area contributed by atoms with Crippen molar-refractivity contribution < 1.29 is 9.53 Å². The summed E-state index contributed by atoms with van der Waals surface area (Å²) in [6, 6.07) is 4.89. The zero-order chi connectivity index (χ0) is 16.9. The van der Waals surface area contributed by atoms with Crippen LogP contribution >= 0.6 is 0 Å². The summed E-state index contributed by atoms with van der Waals surface area (Å²) >= 11 is 0. The summed E-state index contributed by atoms with van der Waals surface area (Å²) in [5.41, 5.74) is 1.82. The van der Waals surface area contributed by atoms with Crippen molar-refractivity contribution in [3.05, 3.63) is 29.6 Å². The van der Waals surface area contributed by atoms with E-state index in [-0.39, 0.29) is 12.1 Å². The molecule has 23 heavy (non-hydrogen) atoms. The number of rotatable bonds is 4. The topological polar surface area (TPSA) is 63.2 Å². The van der Waals surface area contributed by atoms with Gasteiger partial charge in [-0.3, -0.25) is 4.98 Å². The van der Waals surface area contributed by atoms with Crippen LogP contribution in [-0.2, 0) is 11.3 Å². The number of hydrogen-bond donors (Lipinski definition) is 2. The fraction of sp³-hybridized carbons (Fsp3) is 0.667. The van der Waals surface area contributed by atoms with Gasteiger partial charge >= 0.3 is 6.09 Å². The Bertz CT molecular complexity index is 500. The Hall–Kier alpha value is -1.62. The third-order valence-electron chi connectivity index (χ3n) is 4.02. The molecule has 0 unspecified atom stereocenters. The van der Waals surface area contributed by atoms with E-state index in [0.717, 1.165) is 37.9 Å². The number of aryl methyl sites for hydroxylation is 1. The Morgan fingerprint density at radius 3 is 2.43 bits per heavy atom. The summed E-state index contributed by atoms with van der Waals surface area (Å²) in [7, 11) is 0. The van der Waals surface area contributed by atoms with Crippen molar-refractivity contribution in [2.24, 2.45) is 0 Å². The molecule has 0 bridgehead atoms. The molecule has 5 heteroatoms. The van der Waals surface area contributed by atoms with Gasteiger partial charge in [-0.05, 0) is 65.0 Å². The number of alkyl carbamates (subject to hydrolysis) is 1. The van der Waals surface area contributed by atoms with Gasteiger partial charge in [0.05, 0.1) is 0 Å². The maximum Gasteiger partial charge on any atom is 0.407 e. The molecule has 2 rings (SSSR count). The fourth-order valence-electron chi connectivity index (χ4n) is 2.78. The normalized spacial score (nSPS) is 21.7. The fourth-order valence-corrected chi connectivity index (χ4v) is 2.78. The molecule has 1 aromatic rings. The van der Waals surface area contributed by atoms with Crippen LogP contribution in [0.5, 0.6) is 0 Å². The molecule has 5 nitrogen and oxygen atoms in total. The zero-order valence-corrected chi connectivity index (χ0v) is 14.7. The van der Waals surface area contributed by atoms with E-state index in [1.807, 2.05) is 40.0 Å². The minimum absolute atomic E-state index is 0.226. The Labute approximate surface area is 139 Å². The van der Waals surface area contributed by atoms with Crippen molar-refractivity contribution in [3.63, 3.8) is 0 Å². The lowest BCUT2D eigenvalue weighted by molar-refractivity contribution is 0.0489. The second kappa shape index (κ2) is 7.77. The molecule has 1 aliphatic carbocycles. The number of nitrogens with zero attached hydrogens (tertiary/aromatic N) is 1. The standard InChI is InChI=1S/C18H29N3O2/c1-13-5-6-14(11-19-13)12-20-15-7-9-16(10-8-15)21-17(22)23-18(2,3)4/h5-6,11,15-16,20H,7-10,12H2,1-4H3,(H,21,22). The first-order valence-electron chi connectivity index (χ1n) is 8.46. The molecule has 1 saturated carbocycles. The maximum atomic E-state index is 11.8. The van der Waals surface area contributed by atoms with Gasteiger partial charge < -0.3 is 15.4 Å². The van der Waals surface area contributed by atoms with Gasteiger partial charge in [0.15, 0.2) is 0 Å². The van der Waals surface area contributed by atoms with Gasteiger partial charge in [-0.1, -0.05) is 6.07 Å². The summed E-state index contributed by atoms with van der Waals surface area (Å²) < 4.78 is 5.31. The molecular formula is C18H29N3O2. The molecule has 0 atom stereocenters. The molecule has 0 aliphatic heterocycles. The molecular weight excluding hydrogens is 290 g/mol. The molecule has 0 aromatic carbocycles. The van der Waals surface area contributed by atoms with E-state index in [1.165, 1.54) is 5.56 Å². The van der Waals surface area contributed by atoms with E-state index >= 15 is 0 Å². The lowest BCUT2D eigenvalue weighted by atomic mass is 9.91. The number of carbonyl (C=O) groups excluding carboxylic acids is 1. The number of carbonyl (C=O) groups is 1. The number of ether oxygens (including phenoxy) is 1. The number of nitrogens with one attached hydrogen (secondary N) is 2. The summed E-state index contributed by atoms with van der Waals surface area (Å²) in [6.45, 7) is 8.49. The van der Waals surface area contributed by atoms with Crippen molar-refractivity contribution in [2.45, 2.75) is 77.6 Å². The maximum absolute atomic E-state index is 11.8. The van der Waals surface area contributed by atoms with Crippen molar-refractivity contribution in [1.29, 1.82) is 0 Å². The molecule has 1 heterocycles. The largest absolute Gasteiger partial charge is 0.444 e. The van der Waals surface area contributed by atoms with Crippen LogP contribution < -0.4 is 10.6 Å². The number of hydrogen-bond acceptors (Lipinski definition) is 4. The number of pyridine rings is 1. The van der Waals surface area contributed by atoms with Crippen LogP contribution in [0, 0.1) is 6.92 Å². The van der Waals surface area contributed by atoms with E-state index in [0.29, 0.717) is 6.04 Å². The Balaban J connectivity index is 1.67. The summed E-state index contributed by atoms with van der Waals surface area (Å²) in [5.74, 6) is 0. The Morgan fingerprint density at radius 2 is 1.87 bits per heavy atom. The lowest BCUT2D eigenvalue weighted by Crippen LogP contribution is -2.43. The Morgan fingerprint density at radius 1 is 1.22 bits per heavy atom. The van der Waals surface area contributed by atoms with Crippen molar-refractivity contribution in [2.75, 3.05) is 0 Å². The van der Waals surface area contributed by atoms with Crippen molar-refractivity contribution in [3.8, 4) is 0 Å². The van der Waals surface area contributed by atoms with Gasteiger partial charge in [0.1, 0.15) is 5.60 Å². The highest BCUT2D eigenvalue weighted by Gasteiger charge is 2.24. The smallest absolute Gasteiger partial charge is 0.407 e. The van der Waals surface area contributed by atoms with Crippen LogP contribution in [0.2, 0.25) is 0 Å². The third-order valence-corrected chi connectivity index (χ3v) is 4.02. The summed E-state index contributed by atoms with van der Waals surface area (Å²) in [5, 5.41) is 6.56. The van der Waals surface area contributed by atoms with E-state index in [2.05, 4.69) is 21.7 Å². The van der Waals surface area contributed by atoms with Crippen LogP contribution in [0.25, 0.3) is 0 Å². The monoisotopic (exact) mass is 319 g/mol. The second-order valence-corrected chi connectivity index (χ2v) is 7.38. The predicted octanol–water partition coefficient (Wildman–Crippen LogP) is 3.32. The first-order valence-corrected chi connectivity index (χ1v) is 8.46. The summed E-state index contributed by atoms with van der Waals surface area (Å²) in [6.07, 6.45) is 5.74. The van der Waals surface area contributed by atoms with Gasteiger partial charge in [-0.2, -0.15) is 0 Å². The van der Waals surface area contributed by atoms with Crippen LogP contribution in [-0.4, -0.2) is 28.8 Å². The highest BCUT2D eigenvalue weighted by Crippen LogP contribution is 2.19. The van der Waals surface area contributed by atoms with Crippen LogP contribution in [0.1, 0.15) is 57.7 Å². The highest BCUT2D eigenvalue weighted by molar-refractivity contribution is 5.68. The van der Waals surface area contributed by atoms with Gasteiger partial charge in [-0.25, -0.2) is 4.79 Å². The van der Waals surface area contributed by atoms with Crippen molar-refractivity contribution in [1.82, 2.24) is 15.6 Å². The van der Waals surface area contributed by atoms with Crippen molar-refractivity contribution >= 4 is 6.09 Å². The SMILES string of the molecule is Cc1ccc(CNC2CCC(NC(=O)OC(C)(C)C)CC2)cn1. The Kier molecular flexibility index (Phi) is 5.99. The quantitative estimate of drug-likeness (QED) is 0.893. The second-order valence-electron chi connectivity index (χ2n) is 7.38. The van der Waals surface area contributed by atoms with E-state index in [1.54, 1.807) is 0 Å². The third kappa shape index (κ3) is 6.57. The first kappa shape index (κ1) is 17.7. The molecule has 0 saturated heterocycles. The molecule has 2 N–H and O–H groups in total. The predicted molar refractivity (Wildman–Crippen MR) is 91.2 cm³/mol. The molecule has 1 amide bonds. The molecule has 1 aromatic heterocycles. The van der Waals surface area contributed by atoms with Crippen LogP contribution in [0.4, 0.5) is 4.79 Å². The van der Waals surface area contributed by atoms with Gasteiger partial charge in [-0.15, -0.1) is 0 Å². The zero-order valence-electron chi connectivity index (χ0n) is 14.7. The first-order chi connectivity index (χ1) is 10.8.